The van der Waals surface area contributed by atoms with Gasteiger partial charge in [0.1, 0.15) is 5.75 Å². The lowest BCUT2D eigenvalue weighted by Crippen LogP contribution is -2.53. The molecule has 2 bridgehead atoms. The van der Waals surface area contributed by atoms with Crippen molar-refractivity contribution < 1.29 is 14.3 Å². The summed E-state index contributed by atoms with van der Waals surface area (Å²) in [6, 6.07) is 15.8. The largest absolute Gasteiger partial charge is 0.484 e. The molecule has 0 saturated carbocycles. The van der Waals surface area contributed by atoms with E-state index in [-0.39, 0.29) is 18.4 Å². The minimum atomic E-state index is -0.0479. The molecule has 0 N–H and O–H groups in total. The van der Waals surface area contributed by atoms with Gasteiger partial charge in [-0.2, -0.15) is 0 Å². The van der Waals surface area contributed by atoms with Crippen LogP contribution in [0.5, 0.6) is 5.75 Å². The van der Waals surface area contributed by atoms with E-state index in [1.165, 1.54) is 0 Å². The molecule has 2 aliphatic rings. The number of ether oxygens (including phenoxy) is 1. The first-order valence-corrected chi connectivity index (χ1v) is 14.5. The molecule has 2 amide bonds. The van der Waals surface area contributed by atoms with Gasteiger partial charge in [-0.05, 0) is 74.0 Å². The van der Waals surface area contributed by atoms with Gasteiger partial charge in [0.25, 0.3) is 5.91 Å². The van der Waals surface area contributed by atoms with E-state index in [1.54, 1.807) is 24.3 Å². The highest BCUT2D eigenvalue weighted by molar-refractivity contribution is 6.30. The highest BCUT2D eigenvalue weighted by Gasteiger charge is 2.34. The molecule has 38 heavy (non-hydrogen) atoms. The molecule has 7 heteroatoms. The Labute approximate surface area is 232 Å². The minimum absolute atomic E-state index is 0.0381. The summed E-state index contributed by atoms with van der Waals surface area (Å²) in [6.45, 7) is 9.25. The molecule has 0 radical (unpaired) electrons. The summed E-state index contributed by atoms with van der Waals surface area (Å²) in [7, 11) is 0. The molecular formula is C31H42ClN3O3. The fourth-order valence-electron chi connectivity index (χ4n) is 5.74. The zero-order chi connectivity index (χ0) is 27.1. The molecule has 1 fully saturated rings. The molecule has 6 nitrogen and oxygen atoms in total. The second kappa shape index (κ2) is 13.5. The Balaban J connectivity index is 1.65. The quantitative estimate of drug-likeness (QED) is 0.422. The molecule has 2 heterocycles. The highest BCUT2D eigenvalue weighted by Crippen LogP contribution is 2.31. The molecule has 206 valence electrons. The summed E-state index contributed by atoms with van der Waals surface area (Å²) in [4.78, 5) is 33.4. The topological polar surface area (TPSA) is 53.1 Å². The van der Waals surface area contributed by atoms with E-state index in [0.29, 0.717) is 54.8 Å². The Morgan fingerprint density at radius 2 is 1.74 bits per heavy atom. The first kappa shape index (κ1) is 28.4. The van der Waals surface area contributed by atoms with Crippen molar-refractivity contribution in [2.24, 2.45) is 5.92 Å². The molecule has 0 spiro atoms. The number of halogens is 1. The van der Waals surface area contributed by atoms with Crippen LogP contribution in [0.3, 0.4) is 0 Å². The van der Waals surface area contributed by atoms with Gasteiger partial charge in [-0.25, -0.2) is 0 Å². The normalized spacial score (nSPS) is 20.6. The molecular weight excluding hydrogens is 498 g/mol. The van der Waals surface area contributed by atoms with Crippen LogP contribution in [-0.2, 0) is 16.1 Å². The molecule has 2 aromatic rings. The summed E-state index contributed by atoms with van der Waals surface area (Å²) in [5.41, 5.74) is 1.92. The van der Waals surface area contributed by atoms with Gasteiger partial charge in [-0.15, -0.1) is 0 Å². The van der Waals surface area contributed by atoms with Gasteiger partial charge >= 0.3 is 0 Å². The number of nitrogens with zero attached hydrogens (tertiary/aromatic N) is 3. The Bertz CT molecular complexity index is 1070. The fraction of sp³-hybridized carbons (Fsp3) is 0.548. The number of rotatable bonds is 7. The Hall–Kier alpha value is -2.57. The van der Waals surface area contributed by atoms with Gasteiger partial charge in [0.05, 0.1) is 0 Å². The monoisotopic (exact) mass is 539 g/mol. The Morgan fingerprint density at radius 1 is 1.00 bits per heavy atom. The van der Waals surface area contributed by atoms with E-state index >= 15 is 0 Å². The number of para-hydroxylation sites is 1. The minimum Gasteiger partial charge on any atom is -0.484 e. The van der Waals surface area contributed by atoms with E-state index in [1.807, 2.05) is 41.0 Å². The van der Waals surface area contributed by atoms with Crippen LogP contribution in [0.15, 0.2) is 48.5 Å². The van der Waals surface area contributed by atoms with Crippen molar-refractivity contribution in [3.63, 3.8) is 0 Å². The summed E-state index contributed by atoms with van der Waals surface area (Å²) in [6.07, 6.45) is 5.89. The lowest BCUT2D eigenvalue weighted by Gasteiger charge is -2.44. The number of hydrogen-bond donors (Lipinski definition) is 0. The Kier molecular flexibility index (Phi) is 10.1. The fourth-order valence-corrected chi connectivity index (χ4v) is 5.86. The number of carbonyl (C=O) groups is 2. The molecule has 0 aromatic heterocycles. The average molecular weight is 540 g/mol. The van der Waals surface area contributed by atoms with Crippen molar-refractivity contribution in [2.75, 3.05) is 31.1 Å². The van der Waals surface area contributed by atoms with Crippen LogP contribution in [-0.4, -0.2) is 59.9 Å². The van der Waals surface area contributed by atoms with Crippen LogP contribution in [0.2, 0.25) is 5.02 Å². The maximum Gasteiger partial charge on any atom is 0.260 e. The van der Waals surface area contributed by atoms with Gasteiger partial charge in [0, 0.05) is 48.8 Å². The number of hydrogen-bond acceptors (Lipinski definition) is 4. The third-order valence-corrected chi connectivity index (χ3v) is 8.12. The van der Waals surface area contributed by atoms with Crippen LogP contribution < -0.4 is 9.64 Å². The average Bonchev–Trinajstić information content (AvgIpc) is 2.92. The number of fused-ring (bicyclic) bond motifs is 3. The van der Waals surface area contributed by atoms with E-state index in [9.17, 15) is 9.59 Å². The predicted molar refractivity (Wildman–Crippen MR) is 154 cm³/mol. The smallest absolute Gasteiger partial charge is 0.260 e. The van der Waals surface area contributed by atoms with Crippen LogP contribution in [0.1, 0.15) is 64.9 Å². The molecule has 2 aliphatic heterocycles. The first-order valence-electron chi connectivity index (χ1n) is 14.2. The molecule has 1 saturated heterocycles. The summed E-state index contributed by atoms with van der Waals surface area (Å²) < 4.78 is 5.88. The second-order valence-electron chi connectivity index (χ2n) is 11.0. The summed E-state index contributed by atoms with van der Waals surface area (Å²) >= 11 is 6.01. The number of piperidine rings is 1. The van der Waals surface area contributed by atoms with Crippen molar-refractivity contribution in [1.82, 2.24) is 9.80 Å². The maximum absolute atomic E-state index is 13.7. The molecule has 2 atom stereocenters. The Morgan fingerprint density at radius 3 is 2.47 bits per heavy atom. The van der Waals surface area contributed by atoms with E-state index < -0.39 is 0 Å². The number of anilines is 1. The van der Waals surface area contributed by atoms with Gasteiger partial charge in [-0.3, -0.25) is 14.5 Å². The number of benzene rings is 2. The molecule has 4 rings (SSSR count). The lowest BCUT2D eigenvalue weighted by molar-refractivity contribution is -0.135. The third-order valence-electron chi connectivity index (χ3n) is 7.87. The number of amides is 2. The van der Waals surface area contributed by atoms with Crippen molar-refractivity contribution >= 4 is 29.1 Å². The van der Waals surface area contributed by atoms with Crippen LogP contribution in [0, 0.1) is 5.92 Å². The maximum atomic E-state index is 13.7. The zero-order valence-corrected chi connectivity index (χ0v) is 23.8. The standard InChI is InChI=1S/C31H42ClN3O3/c1-4-30(36)35-19-17-26-9-7-10-27(34(26)18-16-23(2)3)21-33(20-24-8-5-6-11-29(24)35)31(37)22-38-28-14-12-25(32)13-15-28/h5-6,8,11-15,23,26-27H,4,7,9-10,16-22H2,1-3H3. The summed E-state index contributed by atoms with van der Waals surface area (Å²) in [5.74, 6) is 1.31. The van der Waals surface area contributed by atoms with Gasteiger partial charge in [-0.1, -0.05) is 57.0 Å². The first-order chi connectivity index (χ1) is 18.4. The second-order valence-corrected chi connectivity index (χ2v) is 11.4. The molecule has 2 unspecified atom stereocenters. The SMILES string of the molecule is CCC(=O)N1CCC2CCCC(CN(C(=O)COc3ccc(Cl)cc3)Cc3ccccc31)N2CCC(C)C. The highest BCUT2D eigenvalue weighted by atomic mass is 35.5. The van der Waals surface area contributed by atoms with E-state index in [2.05, 4.69) is 18.7 Å². The zero-order valence-electron chi connectivity index (χ0n) is 23.1. The molecule has 2 aromatic carbocycles. The van der Waals surface area contributed by atoms with Gasteiger partial charge < -0.3 is 14.5 Å². The van der Waals surface area contributed by atoms with E-state index in [0.717, 1.165) is 49.9 Å². The van der Waals surface area contributed by atoms with Crippen molar-refractivity contribution in [3.8, 4) is 5.75 Å². The molecule has 0 aliphatic carbocycles. The van der Waals surface area contributed by atoms with Crippen molar-refractivity contribution in [1.29, 1.82) is 0 Å². The third kappa shape index (κ3) is 7.29. The number of carbonyl (C=O) groups excluding carboxylic acids is 2. The van der Waals surface area contributed by atoms with Crippen molar-refractivity contribution in [2.45, 2.75) is 77.9 Å². The van der Waals surface area contributed by atoms with Gasteiger partial charge in [0.15, 0.2) is 6.61 Å². The van der Waals surface area contributed by atoms with E-state index in [4.69, 9.17) is 16.3 Å². The van der Waals surface area contributed by atoms with Crippen molar-refractivity contribution in [3.05, 3.63) is 59.1 Å². The lowest BCUT2D eigenvalue weighted by atomic mass is 9.92. The van der Waals surface area contributed by atoms with Crippen LogP contribution >= 0.6 is 11.6 Å². The van der Waals surface area contributed by atoms with Gasteiger partial charge in [0.2, 0.25) is 5.91 Å². The summed E-state index contributed by atoms with van der Waals surface area (Å²) in [5, 5.41) is 0.631. The van der Waals surface area contributed by atoms with Crippen LogP contribution in [0.25, 0.3) is 0 Å². The van der Waals surface area contributed by atoms with Crippen LogP contribution in [0.4, 0.5) is 5.69 Å². The predicted octanol–water partition coefficient (Wildman–Crippen LogP) is 6.16.